The first kappa shape index (κ1) is 14.5. The Hall–Kier alpha value is -3.49. The first-order valence-electron chi connectivity index (χ1n) is 9.65. The van der Waals surface area contributed by atoms with E-state index in [4.69, 9.17) is 13.6 Å². The third kappa shape index (κ3) is 1.59. The van der Waals surface area contributed by atoms with Gasteiger partial charge in [0.2, 0.25) is 15.7 Å². The number of rotatable bonds is 0. The molecule has 136 valence electrons. The number of fused-ring (bicyclic) bond motifs is 3. The second kappa shape index (κ2) is 4.73. The lowest BCUT2D eigenvalue weighted by Gasteiger charge is -2.41. The number of hydrogen-bond donors (Lipinski definition) is 0. The second-order valence-electron chi connectivity index (χ2n) is 7.59. The van der Waals surface area contributed by atoms with Crippen molar-refractivity contribution in [1.29, 1.82) is 0 Å². The highest BCUT2D eigenvalue weighted by molar-refractivity contribution is 7.64. The standard InChI is InChI=1S/C24H13NO3P/c1-2-7-15-13(5-1)25-14-6-3-8-17-22(14)29-23-18(27-17)9-4-10-19(23)28-20-12-11-16(26-15)21(25)24(20)29/h1-12,21H/q+1. The minimum atomic E-state index is -0.742. The van der Waals surface area contributed by atoms with Crippen LogP contribution in [0, 0.1) is 0 Å². The average Bonchev–Trinajstić information content (AvgIpc) is 2.77. The van der Waals surface area contributed by atoms with E-state index >= 15 is 0 Å². The molecule has 0 fully saturated rings. The molecule has 4 nitrogen and oxygen atoms in total. The second-order valence-corrected chi connectivity index (χ2v) is 9.64. The molecule has 3 aromatic rings. The Morgan fingerprint density at radius 1 is 0.759 bits per heavy atom. The molecule has 0 amide bonds. The normalized spacial score (nSPS) is 18.6. The monoisotopic (exact) mass is 394 g/mol. The molecule has 2 unspecified atom stereocenters. The van der Waals surface area contributed by atoms with Gasteiger partial charge >= 0.3 is 0 Å². The van der Waals surface area contributed by atoms with Crippen molar-refractivity contribution in [3.63, 3.8) is 0 Å². The predicted octanol–water partition coefficient (Wildman–Crippen LogP) is 6.42. The van der Waals surface area contributed by atoms with Crippen LogP contribution < -0.4 is 15.1 Å². The van der Waals surface area contributed by atoms with Crippen molar-refractivity contribution in [3.8, 4) is 11.1 Å². The molecule has 5 aliphatic rings. The molecule has 5 heteroatoms. The molecule has 0 bridgehead atoms. The fourth-order valence-electron chi connectivity index (χ4n) is 5.03. The molecule has 0 aromatic heterocycles. The summed E-state index contributed by atoms with van der Waals surface area (Å²) in [7, 11) is -0.742. The van der Waals surface area contributed by atoms with E-state index in [1.54, 1.807) is 0 Å². The van der Waals surface area contributed by atoms with Gasteiger partial charge in [-0.15, -0.1) is 0 Å². The highest BCUT2D eigenvalue weighted by Crippen LogP contribution is 2.66. The van der Waals surface area contributed by atoms with Crippen molar-refractivity contribution in [2.45, 2.75) is 6.04 Å². The number of allylic oxidation sites excluding steroid dienone is 1. The summed E-state index contributed by atoms with van der Waals surface area (Å²) in [6, 6.07) is 20.7. The van der Waals surface area contributed by atoms with E-state index in [1.807, 2.05) is 30.3 Å². The molecule has 0 N–H and O–H groups in total. The van der Waals surface area contributed by atoms with Gasteiger partial charge in [-0.3, -0.25) is 0 Å². The lowest BCUT2D eigenvalue weighted by atomic mass is 10.0. The zero-order chi connectivity index (χ0) is 18.7. The predicted molar refractivity (Wildman–Crippen MR) is 114 cm³/mol. The van der Waals surface area contributed by atoms with Gasteiger partial charge in [0.1, 0.15) is 5.76 Å². The van der Waals surface area contributed by atoms with Crippen molar-refractivity contribution in [3.05, 3.63) is 83.2 Å². The van der Waals surface area contributed by atoms with Crippen LogP contribution >= 0.6 is 7.53 Å². The lowest BCUT2D eigenvalue weighted by molar-refractivity contribution is 0.361. The zero-order valence-corrected chi connectivity index (χ0v) is 16.0. The SMILES string of the molecule is C1=C2Oc3ccccc3N3c4cccc5oc6cccc7oc(c([p+](c45)-c76)C23)=C1. The van der Waals surface area contributed by atoms with E-state index in [9.17, 15) is 0 Å². The average molecular weight is 394 g/mol. The molecule has 2 atom stereocenters. The first-order chi connectivity index (χ1) is 14.4. The van der Waals surface area contributed by atoms with Crippen LogP contribution in [0.3, 0.4) is 0 Å². The highest BCUT2D eigenvalue weighted by atomic mass is 31.1. The summed E-state index contributed by atoms with van der Waals surface area (Å²) < 4.78 is 19.1. The van der Waals surface area contributed by atoms with Gasteiger partial charge in [0, 0.05) is 0 Å². The van der Waals surface area contributed by atoms with Crippen molar-refractivity contribution >= 4 is 46.9 Å². The Balaban J connectivity index is 1.68. The Labute approximate surface area is 166 Å². The lowest BCUT2D eigenvalue weighted by Crippen LogP contribution is -2.37. The molecular formula is C24H13NO3P+. The van der Waals surface area contributed by atoms with E-state index in [2.05, 4.69) is 47.4 Å². The topological polar surface area (TPSA) is 38.8 Å². The summed E-state index contributed by atoms with van der Waals surface area (Å²) in [4.78, 5) is 2.40. The van der Waals surface area contributed by atoms with Crippen LogP contribution in [-0.4, -0.2) is 0 Å². The molecule has 0 spiro atoms. The van der Waals surface area contributed by atoms with Gasteiger partial charge in [0.15, 0.2) is 41.5 Å². The molecule has 1 aliphatic carbocycles. The fraction of sp³-hybridized carbons (Fsp3) is 0.0417. The van der Waals surface area contributed by atoms with Gasteiger partial charge in [-0.05, 0) is 48.6 Å². The smallest absolute Gasteiger partial charge is 0.239 e. The van der Waals surface area contributed by atoms with Gasteiger partial charge in [-0.1, -0.05) is 24.3 Å². The van der Waals surface area contributed by atoms with Gasteiger partial charge < -0.3 is 18.5 Å². The van der Waals surface area contributed by atoms with Gasteiger partial charge in [0.25, 0.3) is 0 Å². The molecule has 8 rings (SSSR count). The van der Waals surface area contributed by atoms with Crippen molar-refractivity contribution in [1.82, 2.24) is 0 Å². The molecule has 3 aromatic carbocycles. The molecular weight excluding hydrogens is 381 g/mol. The quantitative estimate of drug-likeness (QED) is 0.224. The van der Waals surface area contributed by atoms with Crippen LogP contribution in [0.1, 0.15) is 11.3 Å². The number of ether oxygens (including phenoxy) is 1. The van der Waals surface area contributed by atoms with E-state index in [0.29, 0.717) is 0 Å². The summed E-state index contributed by atoms with van der Waals surface area (Å²) in [5, 5.41) is 3.77. The molecule has 4 aliphatic heterocycles. The van der Waals surface area contributed by atoms with Crippen LogP contribution in [0.25, 0.3) is 33.2 Å². The zero-order valence-electron chi connectivity index (χ0n) is 15.1. The fourth-order valence-corrected chi connectivity index (χ4v) is 7.99. The number of benzene rings is 3. The maximum atomic E-state index is 6.38. The van der Waals surface area contributed by atoms with Crippen molar-refractivity contribution in [2.24, 2.45) is 0 Å². The first-order valence-corrected chi connectivity index (χ1v) is 11.0. The van der Waals surface area contributed by atoms with Crippen LogP contribution in [0.4, 0.5) is 11.4 Å². The van der Waals surface area contributed by atoms with E-state index in [1.165, 1.54) is 21.4 Å². The highest BCUT2D eigenvalue weighted by Gasteiger charge is 2.50. The van der Waals surface area contributed by atoms with Gasteiger partial charge in [-0.25, -0.2) is 0 Å². The third-order valence-corrected chi connectivity index (χ3v) is 8.85. The summed E-state index contributed by atoms with van der Waals surface area (Å²) in [6.07, 6.45) is 4.13. The third-order valence-electron chi connectivity index (χ3n) is 6.12. The summed E-state index contributed by atoms with van der Waals surface area (Å²) in [5.41, 5.74) is 6.00. The maximum absolute atomic E-state index is 6.38. The number of nitrogens with zero attached hydrogens (tertiary/aromatic N) is 1. The molecule has 0 radical (unpaired) electrons. The molecule has 4 heterocycles. The Morgan fingerprint density at radius 2 is 1.55 bits per heavy atom. The molecule has 0 saturated carbocycles. The van der Waals surface area contributed by atoms with Crippen LogP contribution in [0.2, 0.25) is 0 Å². The van der Waals surface area contributed by atoms with Crippen LogP contribution in [-0.2, 0) is 0 Å². The van der Waals surface area contributed by atoms with Gasteiger partial charge in [-0.2, -0.15) is 0 Å². The molecule has 0 saturated heterocycles. The number of hydrogen-bond acceptors (Lipinski definition) is 4. The van der Waals surface area contributed by atoms with E-state index in [-0.39, 0.29) is 6.04 Å². The Kier molecular flexibility index (Phi) is 2.37. The summed E-state index contributed by atoms with van der Waals surface area (Å²) >= 11 is 0. The van der Waals surface area contributed by atoms with Crippen LogP contribution in [0.15, 0.2) is 81.3 Å². The Morgan fingerprint density at radius 3 is 2.52 bits per heavy atom. The number of para-hydroxylation sites is 2. The summed E-state index contributed by atoms with van der Waals surface area (Å²) in [6.45, 7) is 0. The summed E-state index contributed by atoms with van der Waals surface area (Å²) in [5.74, 6) is 1.84. The molecule has 29 heavy (non-hydrogen) atoms. The largest absolute Gasteiger partial charge is 0.457 e. The van der Waals surface area contributed by atoms with Crippen molar-refractivity contribution in [2.75, 3.05) is 4.90 Å². The van der Waals surface area contributed by atoms with E-state index in [0.717, 1.165) is 39.4 Å². The van der Waals surface area contributed by atoms with Gasteiger partial charge in [0.05, 0.1) is 11.4 Å². The number of anilines is 2. The Bertz CT molecular complexity index is 1610. The minimum Gasteiger partial charge on any atom is -0.457 e. The maximum Gasteiger partial charge on any atom is 0.239 e. The van der Waals surface area contributed by atoms with Crippen LogP contribution in [0.5, 0.6) is 5.75 Å². The van der Waals surface area contributed by atoms with E-state index < -0.39 is 7.53 Å². The minimum absolute atomic E-state index is 0.0121. The van der Waals surface area contributed by atoms with Crippen molar-refractivity contribution < 1.29 is 13.6 Å².